The average molecular weight is 470 g/mol. The molecular formula is C30H47NO3. The van der Waals surface area contributed by atoms with Gasteiger partial charge in [0, 0.05) is 19.6 Å². The maximum Gasteiger partial charge on any atom is 0.0809 e. The van der Waals surface area contributed by atoms with E-state index in [1.807, 2.05) is 0 Å². The summed E-state index contributed by atoms with van der Waals surface area (Å²) in [4.78, 5) is 2.73. The molecule has 6 atom stereocenters. The van der Waals surface area contributed by atoms with E-state index in [0.717, 1.165) is 37.1 Å². The Kier molecular flexibility index (Phi) is 7.16. The molecule has 5 fully saturated rings. The summed E-state index contributed by atoms with van der Waals surface area (Å²) in [6, 6.07) is 0. The minimum absolute atomic E-state index is 0.168. The van der Waals surface area contributed by atoms with Crippen molar-refractivity contribution in [2.75, 3.05) is 26.2 Å². The number of rotatable bonds is 4. The van der Waals surface area contributed by atoms with Crippen LogP contribution in [0.3, 0.4) is 0 Å². The van der Waals surface area contributed by atoms with Gasteiger partial charge in [-0.25, -0.2) is 0 Å². The third-order valence-electron chi connectivity index (χ3n) is 10.4. The molecule has 0 amide bonds. The molecule has 1 unspecified atom stereocenters. The number of morpholine rings is 1. The molecule has 5 aliphatic rings. The molecule has 1 aliphatic heterocycles. The predicted molar refractivity (Wildman–Crippen MR) is 137 cm³/mol. The summed E-state index contributed by atoms with van der Waals surface area (Å²) < 4.78 is 6.29. The average Bonchev–Trinajstić information content (AvgIpc) is 3.39. The highest BCUT2D eigenvalue weighted by molar-refractivity contribution is 5.29. The van der Waals surface area contributed by atoms with Crippen molar-refractivity contribution in [3.05, 3.63) is 35.5 Å². The number of hydrogen-bond acceptors (Lipinski definition) is 4. The van der Waals surface area contributed by atoms with Crippen molar-refractivity contribution in [3.63, 3.8) is 0 Å². The second kappa shape index (κ2) is 9.84. The number of nitrogens with zero attached hydrogens (tertiary/aromatic N) is 1. The van der Waals surface area contributed by atoms with E-state index in [9.17, 15) is 10.2 Å². The lowest BCUT2D eigenvalue weighted by Gasteiger charge is -2.46. The van der Waals surface area contributed by atoms with Gasteiger partial charge in [0.15, 0.2) is 0 Å². The van der Waals surface area contributed by atoms with E-state index in [0.29, 0.717) is 29.7 Å². The van der Waals surface area contributed by atoms with Crippen LogP contribution in [-0.4, -0.2) is 59.2 Å². The number of aliphatic hydroxyl groups is 2. The van der Waals surface area contributed by atoms with Crippen molar-refractivity contribution in [3.8, 4) is 0 Å². The first-order chi connectivity index (χ1) is 16.3. The zero-order chi connectivity index (χ0) is 23.9. The van der Waals surface area contributed by atoms with E-state index in [4.69, 9.17) is 4.74 Å². The summed E-state index contributed by atoms with van der Waals surface area (Å²) >= 11 is 0. The molecule has 1 saturated heterocycles. The lowest BCUT2D eigenvalue weighted by atomic mass is 9.61. The Labute approximate surface area is 207 Å². The molecule has 0 aromatic carbocycles. The van der Waals surface area contributed by atoms with Crippen molar-refractivity contribution >= 4 is 0 Å². The molecule has 1 heterocycles. The van der Waals surface area contributed by atoms with Crippen LogP contribution >= 0.6 is 0 Å². The van der Waals surface area contributed by atoms with Crippen LogP contribution in [0.15, 0.2) is 35.5 Å². The molecule has 2 N–H and O–H groups in total. The summed E-state index contributed by atoms with van der Waals surface area (Å²) in [6.07, 6.45) is 16.3. The Morgan fingerprint density at radius 1 is 1.09 bits per heavy atom. The molecule has 1 spiro atoms. The van der Waals surface area contributed by atoms with Crippen molar-refractivity contribution in [1.29, 1.82) is 0 Å². The minimum atomic E-state index is -0.606. The van der Waals surface area contributed by atoms with Crippen LogP contribution in [0.25, 0.3) is 0 Å². The molecule has 4 aliphatic carbocycles. The third-order valence-corrected chi connectivity index (χ3v) is 10.4. The summed E-state index contributed by atoms with van der Waals surface area (Å²) in [5, 5.41) is 20.4. The Bertz CT molecular complexity index is 809. The quantitative estimate of drug-likeness (QED) is 0.541. The first-order valence-electron chi connectivity index (χ1n) is 14.1. The number of allylic oxidation sites excluding steroid dienone is 3. The molecule has 190 valence electrons. The van der Waals surface area contributed by atoms with Crippen LogP contribution in [0, 0.1) is 23.2 Å². The van der Waals surface area contributed by atoms with Gasteiger partial charge in [-0.1, -0.05) is 56.6 Å². The van der Waals surface area contributed by atoms with Crippen molar-refractivity contribution < 1.29 is 14.9 Å². The Morgan fingerprint density at radius 3 is 2.56 bits per heavy atom. The molecule has 5 rings (SSSR count). The van der Waals surface area contributed by atoms with Gasteiger partial charge in [0.2, 0.25) is 0 Å². The number of ether oxygens (including phenoxy) is 1. The standard InChI is InChI=1S/C30H47NO3/c1-21(19-31-15-16-34-30(20-31)13-4-5-14-30)25-10-11-26-24(7-6-12-29(25,26)3)9-8-23-17-27(32)22(2)28(33)18-23/h8-9,21,25-28,32-33H,2,4-7,10-20H2,1,3H3/b24-9+/t21?,25-,26+,27-,28-,29-/m1/s1. The zero-order valence-corrected chi connectivity index (χ0v) is 21.6. The lowest BCUT2D eigenvalue weighted by molar-refractivity contribution is -0.109. The SMILES string of the molecule is C=C1[C@H](O)CC(=C/C=C2\CCC[C@]3(C)[C@@H](C(C)CN4CCOC5(CCCC5)C4)CC[C@@H]23)C[C@H]1O. The Hall–Kier alpha value is -0.940. The predicted octanol–water partition coefficient (Wildman–Crippen LogP) is 5.41. The lowest BCUT2D eigenvalue weighted by Crippen LogP contribution is -2.52. The summed E-state index contributed by atoms with van der Waals surface area (Å²) in [5.41, 5.74) is 3.91. The first kappa shape index (κ1) is 24.7. The van der Waals surface area contributed by atoms with Crippen LogP contribution in [0.4, 0.5) is 0 Å². The van der Waals surface area contributed by atoms with Gasteiger partial charge in [0.25, 0.3) is 0 Å². The first-order valence-corrected chi connectivity index (χ1v) is 14.1. The summed E-state index contributed by atoms with van der Waals surface area (Å²) in [5.74, 6) is 2.20. The highest BCUT2D eigenvalue weighted by Crippen LogP contribution is 2.59. The van der Waals surface area contributed by atoms with Crippen LogP contribution < -0.4 is 0 Å². The second-order valence-corrected chi connectivity index (χ2v) is 12.6. The van der Waals surface area contributed by atoms with E-state index < -0.39 is 12.2 Å². The fourth-order valence-electron chi connectivity index (χ4n) is 8.58. The van der Waals surface area contributed by atoms with Crippen molar-refractivity contribution in [1.82, 2.24) is 4.90 Å². The molecular weight excluding hydrogens is 422 g/mol. The smallest absolute Gasteiger partial charge is 0.0809 e. The van der Waals surface area contributed by atoms with Crippen LogP contribution in [0.1, 0.15) is 84.5 Å². The van der Waals surface area contributed by atoms with Gasteiger partial charge in [0.1, 0.15) is 0 Å². The highest BCUT2D eigenvalue weighted by Gasteiger charge is 2.51. The van der Waals surface area contributed by atoms with Crippen molar-refractivity contribution in [2.45, 2.75) is 102 Å². The Balaban J connectivity index is 1.25. The molecule has 34 heavy (non-hydrogen) atoms. The highest BCUT2D eigenvalue weighted by atomic mass is 16.5. The maximum atomic E-state index is 10.2. The fourth-order valence-corrected chi connectivity index (χ4v) is 8.58. The monoisotopic (exact) mass is 469 g/mol. The topological polar surface area (TPSA) is 52.9 Å². The van der Waals surface area contributed by atoms with E-state index in [-0.39, 0.29) is 5.60 Å². The maximum absolute atomic E-state index is 10.2. The largest absolute Gasteiger partial charge is 0.388 e. The van der Waals surface area contributed by atoms with E-state index in [2.05, 4.69) is 37.5 Å². The number of hydrogen-bond donors (Lipinski definition) is 2. The van der Waals surface area contributed by atoms with Gasteiger partial charge in [-0.15, -0.1) is 0 Å². The number of fused-ring (bicyclic) bond motifs is 1. The fraction of sp³-hybridized carbons (Fsp3) is 0.800. The van der Waals surface area contributed by atoms with Crippen molar-refractivity contribution in [2.24, 2.45) is 23.2 Å². The van der Waals surface area contributed by atoms with Crippen LogP contribution in [0.2, 0.25) is 0 Å². The van der Waals surface area contributed by atoms with Gasteiger partial charge in [-0.3, -0.25) is 4.90 Å². The Morgan fingerprint density at radius 2 is 1.82 bits per heavy atom. The molecule has 0 bridgehead atoms. The minimum Gasteiger partial charge on any atom is -0.388 e. The van der Waals surface area contributed by atoms with Gasteiger partial charge in [-0.2, -0.15) is 0 Å². The van der Waals surface area contributed by atoms with Crippen LogP contribution in [0.5, 0.6) is 0 Å². The second-order valence-electron chi connectivity index (χ2n) is 12.6. The number of aliphatic hydroxyl groups excluding tert-OH is 2. The third kappa shape index (κ3) is 4.73. The molecule has 4 saturated carbocycles. The van der Waals surface area contributed by atoms with Gasteiger partial charge in [0.05, 0.1) is 24.4 Å². The summed E-state index contributed by atoms with van der Waals surface area (Å²) in [6.45, 7) is 13.3. The van der Waals surface area contributed by atoms with Gasteiger partial charge >= 0.3 is 0 Å². The van der Waals surface area contributed by atoms with E-state index in [1.54, 1.807) is 5.57 Å². The van der Waals surface area contributed by atoms with Gasteiger partial charge in [-0.05, 0) is 86.5 Å². The van der Waals surface area contributed by atoms with E-state index in [1.165, 1.54) is 64.3 Å². The molecule has 0 aromatic heterocycles. The normalized spacial score (nSPS) is 40.6. The molecule has 4 nitrogen and oxygen atoms in total. The molecule has 0 radical (unpaired) electrons. The zero-order valence-electron chi connectivity index (χ0n) is 21.6. The van der Waals surface area contributed by atoms with Gasteiger partial charge < -0.3 is 14.9 Å². The van der Waals surface area contributed by atoms with Crippen LogP contribution in [-0.2, 0) is 4.74 Å². The van der Waals surface area contributed by atoms with E-state index >= 15 is 0 Å². The molecule has 4 heteroatoms. The summed E-state index contributed by atoms with van der Waals surface area (Å²) in [7, 11) is 0. The molecule has 0 aromatic rings.